The highest BCUT2D eigenvalue weighted by Gasteiger charge is 2.26. The van der Waals surface area contributed by atoms with Crippen LogP contribution >= 0.6 is 0 Å². The molecule has 2 aliphatic heterocycles. The standard InChI is InChI=1S/C24H40N2O4/c1-4-5-6-7-8-11-23(27)25-21(18-26-14-9-10-15-26)24(28)19(2)12-13-22-20(3)29-16-17-30-22/h12-13,21,24,28H,3-11,14-18H2,1-2H3,(H,25,27)/b19-12+,22-13+/t21-,24-/m1/s1. The Labute approximate surface area is 182 Å². The number of nitrogens with one attached hydrogen (secondary N) is 1. The molecular formula is C24H40N2O4. The summed E-state index contributed by atoms with van der Waals surface area (Å²) >= 11 is 0. The summed E-state index contributed by atoms with van der Waals surface area (Å²) in [6.45, 7) is 11.6. The average molecular weight is 421 g/mol. The van der Waals surface area contributed by atoms with E-state index in [-0.39, 0.29) is 11.9 Å². The topological polar surface area (TPSA) is 71.0 Å². The minimum atomic E-state index is -0.760. The molecule has 0 radical (unpaired) electrons. The first-order valence-electron chi connectivity index (χ1n) is 11.5. The third-order valence-corrected chi connectivity index (χ3v) is 5.74. The first-order valence-corrected chi connectivity index (χ1v) is 11.5. The summed E-state index contributed by atoms with van der Waals surface area (Å²) in [4.78, 5) is 14.8. The van der Waals surface area contributed by atoms with Gasteiger partial charge in [0.05, 0.1) is 12.1 Å². The van der Waals surface area contributed by atoms with Crippen molar-refractivity contribution < 1.29 is 19.4 Å². The molecule has 30 heavy (non-hydrogen) atoms. The van der Waals surface area contributed by atoms with E-state index in [0.717, 1.165) is 31.5 Å². The largest absolute Gasteiger partial charge is 0.487 e. The van der Waals surface area contributed by atoms with E-state index in [0.29, 0.717) is 37.7 Å². The molecule has 0 spiro atoms. The number of aliphatic hydroxyl groups excluding tert-OH is 1. The number of nitrogens with zero attached hydrogens (tertiary/aromatic N) is 1. The molecule has 6 heteroatoms. The molecule has 2 N–H and O–H groups in total. The van der Waals surface area contributed by atoms with Crippen molar-refractivity contribution in [2.45, 2.75) is 77.4 Å². The maximum absolute atomic E-state index is 12.5. The van der Waals surface area contributed by atoms with Gasteiger partial charge in [-0.05, 0) is 50.9 Å². The number of carbonyl (C=O) groups is 1. The second-order valence-corrected chi connectivity index (χ2v) is 8.35. The summed E-state index contributed by atoms with van der Waals surface area (Å²) in [6, 6.07) is -0.326. The molecule has 1 amide bonds. The Bertz CT molecular complexity index is 608. The Morgan fingerprint density at radius 2 is 1.90 bits per heavy atom. The van der Waals surface area contributed by atoms with E-state index in [1.54, 1.807) is 6.08 Å². The summed E-state index contributed by atoms with van der Waals surface area (Å²) in [5.74, 6) is 1.11. The lowest BCUT2D eigenvalue weighted by atomic mass is 10.0. The number of amides is 1. The van der Waals surface area contributed by atoms with Gasteiger partial charge in [-0.1, -0.05) is 45.3 Å². The number of hydrogen-bond acceptors (Lipinski definition) is 5. The van der Waals surface area contributed by atoms with Crippen LogP contribution in [0.1, 0.15) is 65.2 Å². The Morgan fingerprint density at radius 1 is 1.20 bits per heavy atom. The minimum Gasteiger partial charge on any atom is -0.487 e. The summed E-state index contributed by atoms with van der Waals surface area (Å²) in [6.07, 6.45) is 11.3. The Hall–Kier alpha value is -1.79. The molecule has 2 saturated heterocycles. The van der Waals surface area contributed by atoms with E-state index in [4.69, 9.17) is 9.47 Å². The highest BCUT2D eigenvalue weighted by atomic mass is 16.6. The molecule has 0 aromatic heterocycles. The Balaban J connectivity index is 1.95. The molecule has 170 valence electrons. The Morgan fingerprint density at radius 3 is 2.60 bits per heavy atom. The van der Waals surface area contributed by atoms with Crippen LogP contribution in [-0.4, -0.2) is 60.9 Å². The zero-order valence-corrected chi connectivity index (χ0v) is 18.8. The molecule has 2 heterocycles. The number of unbranched alkanes of at least 4 members (excludes halogenated alkanes) is 4. The van der Waals surface area contributed by atoms with Crippen LogP contribution in [0.4, 0.5) is 0 Å². The zero-order chi connectivity index (χ0) is 21.8. The van der Waals surface area contributed by atoms with Gasteiger partial charge in [0, 0.05) is 13.0 Å². The van der Waals surface area contributed by atoms with E-state index in [2.05, 4.69) is 23.7 Å². The number of rotatable bonds is 12. The van der Waals surface area contributed by atoms with Gasteiger partial charge in [0.1, 0.15) is 13.2 Å². The van der Waals surface area contributed by atoms with Crippen LogP contribution < -0.4 is 5.32 Å². The molecule has 2 fully saturated rings. The van der Waals surface area contributed by atoms with Crippen molar-refractivity contribution in [3.8, 4) is 0 Å². The number of carbonyl (C=O) groups excluding carboxylic acids is 1. The van der Waals surface area contributed by atoms with E-state index in [1.165, 1.54) is 32.1 Å². The predicted octanol–water partition coefficient (Wildman–Crippen LogP) is 3.68. The van der Waals surface area contributed by atoms with Gasteiger partial charge in [0.25, 0.3) is 0 Å². The third kappa shape index (κ3) is 8.52. The van der Waals surface area contributed by atoms with Gasteiger partial charge in [0.15, 0.2) is 11.5 Å². The smallest absolute Gasteiger partial charge is 0.220 e. The van der Waals surface area contributed by atoms with Crippen molar-refractivity contribution in [2.75, 3.05) is 32.8 Å². The monoisotopic (exact) mass is 420 g/mol. The number of likely N-dealkylation sites (tertiary alicyclic amines) is 1. The number of aliphatic hydroxyl groups is 1. The van der Waals surface area contributed by atoms with Gasteiger partial charge in [-0.15, -0.1) is 0 Å². The zero-order valence-electron chi connectivity index (χ0n) is 18.8. The molecule has 0 aliphatic carbocycles. The van der Waals surface area contributed by atoms with E-state index in [1.807, 2.05) is 13.0 Å². The van der Waals surface area contributed by atoms with Crippen LogP contribution in [0.25, 0.3) is 0 Å². The fourth-order valence-corrected chi connectivity index (χ4v) is 3.87. The van der Waals surface area contributed by atoms with Crippen LogP contribution in [0.15, 0.2) is 35.8 Å². The van der Waals surface area contributed by atoms with Gasteiger partial charge < -0.3 is 24.8 Å². The number of ether oxygens (including phenoxy) is 2. The summed E-state index contributed by atoms with van der Waals surface area (Å²) in [7, 11) is 0. The van der Waals surface area contributed by atoms with Gasteiger partial charge in [0.2, 0.25) is 5.91 Å². The molecule has 0 aromatic rings. The minimum absolute atomic E-state index is 0.0262. The van der Waals surface area contributed by atoms with Crippen molar-refractivity contribution in [3.05, 3.63) is 35.8 Å². The van der Waals surface area contributed by atoms with Crippen molar-refractivity contribution in [2.24, 2.45) is 0 Å². The van der Waals surface area contributed by atoms with Crippen LogP contribution in [0.3, 0.4) is 0 Å². The quantitative estimate of drug-likeness (QED) is 0.471. The summed E-state index contributed by atoms with van der Waals surface area (Å²) in [5, 5.41) is 14.1. The fourth-order valence-electron chi connectivity index (χ4n) is 3.87. The average Bonchev–Trinajstić information content (AvgIpc) is 3.25. The molecule has 6 nitrogen and oxygen atoms in total. The lowest BCUT2D eigenvalue weighted by Crippen LogP contribution is -2.50. The van der Waals surface area contributed by atoms with E-state index < -0.39 is 6.10 Å². The highest BCUT2D eigenvalue weighted by Crippen LogP contribution is 2.18. The van der Waals surface area contributed by atoms with Crippen molar-refractivity contribution >= 4 is 5.91 Å². The lowest BCUT2D eigenvalue weighted by Gasteiger charge is -2.29. The fraction of sp³-hybridized carbons (Fsp3) is 0.708. The summed E-state index contributed by atoms with van der Waals surface area (Å²) < 4.78 is 10.9. The van der Waals surface area contributed by atoms with Crippen molar-refractivity contribution in [3.63, 3.8) is 0 Å². The maximum atomic E-state index is 12.5. The SMILES string of the molecule is C=C1OCCO/C1=C/C=C(\C)[C@@H](O)[C@@H](CN1CCCC1)NC(=O)CCCCCCC. The van der Waals surface area contributed by atoms with Crippen LogP contribution in [0.5, 0.6) is 0 Å². The highest BCUT2D eigenvalue weighted by molar-refractivity contribution is 5.76. The number of hydrogen-bond donors (Lipinski definition) is 2. The number of allylic oxidation sites excluding steroid dienone is 2. The normalized spacial score (nSPS) is 21.2. The van der Waals surface area contributed by atoms with E-state index >= 15 is 0 Å². The van der Waals surface area contributed by atoms with Crippen LogP contribution in [-0.2, 0) is 14.3 Å². The van der Waals surface area contributed by atoms with Gasteiger partial charge in [-0.2, -0.15) is 0 Å². The van der Waals surface area contributed by atoms with Crippen LogP contribution in [0, 0.1) is 0 Å². The molecular weight excluding hydrogens is 380 g/mol. The molecule has 2 atom stereocenters. The van der Waals surface area contributed by atoms with Crippen LogP contribution in [0.2, 0.25) is 0 Å². The second-order valence-electron chi connectivity index (χ2n) is 8.35. The van der Waals surface area contributed by atoms with Gasteiger partial charge in [-0.25, -0.2) is 0 Å². The van der Waals surface area contributed by atoms with Gasteiger partial charge in [-0.3, -0.25) is 4.79 Å². The molecule has 0 aromatic carbocycles. The summed E-state index contributed by atoms with van der Waals surface area (Å²) in [5.41, 5.74) is 0.775. The first-order chi connectivity index (χ1) is 14.5. The van der Waals surface area contributed by atoms with Crippen molar-refractivity contribution in [1.82, 2.24) is 10.2 Å². The molecule has 0 unspecified atom stereocenters. The van der Waals surface area contributed by atoms with Crippen molar-refractivity contribution in [1.29, 1.82) is 0 Å². The second kappa shape index (κ2) is 13.5. The van der Waals surface area contributed by atoms with E-state index in [9.17, 15) is 9.90 Å². The predicted molar refractivity (Wildman–Crippen MR) is 120 cm³/mol. The Kier molecular flexibility index (Phi) is 11.0. The molecule has 2 rings (SSSR count). The first kappa shape index (κ1) is 24.5. The lowest BCUT2D eigenvalue weighted by molar-refractivity contribution is -0.122. The maximum Gasteiger partial charge on any atom is 0.220 e. The molecule has 0 saturated carbocycles. The molecule has 0 bridgehead atoms. The third-order valence-electron chi connectivity index (χ3n) is 5.74. The van der Waals surface area contributed by atoms with Gasteiger partial charge >= 0.3 is 0 Å². The molecule has 2 aliphatic rings.